The molecule has 0 spiro atoms. The predicted molar refractivity (Wildman–Crippen MR) is 143 cm³/mol. The second-order valence-corrected chi connectivity index (χ2v) is 10.3. The normalized spacial score (nSPS) is 17.9. The molecule has 0 bridgehead atoms. The van der Waals surface area contributed by atoms with E-state index in [0.717, 1.165) is 28.6 Å². The van der Waals surface area contributed by atoms with Gasteiger partial charge in [0.15, 0.2) is 0 Å². The first-order valence-corrected chi connectivity index (χ1v) is 12.3. The van der Waals surface area contributed by atoms with Gasteiger partial charge in [-0.15, -0.1) is 0 Å². The third-order valence-electron chi connectivity index (χ3n) is 7.01. The predicted octanol–water partition coefficient (Wildman–Crippen LogP) is 8.11. The van der Waals surface area contributed by atoms with Crippen molar-refractivity contribution in [2.75, 3.05) is 5.32 Å². The highest BCUT2D eigenvalue weighted by Gasteiger charge is 2.35. The Kier molecular flexibility index (Phi) is 6.70. The van der Waals surface area contributed by atoms with Gasteiger partial charge in [0.1, 0.15) is 0 Å². The number of fused-ring (bicyclic) bond motifs is 1. The second-order valence-electron chi connectivity index (χ2n) is 10.3. The molecule has 1 aromatic heterocycles. The lowest BCUT2D eigenvalue weighted by atomic mass is 9.88. The van der Waals surface area contributed by atoms with E-state index in [9.17, 15) is 4.79 Å². The molecule has 0 aliphatic heterocycles. The first-order valence-electron chi connectivity index (χ1n) is 12.3. The van der Waals surface area contributed by atoms with E-state index >= 15 is 0 Å². The zero-order valence-electron chi connectivity index (χ0n) is 21.3. The Morgan fingerprint density at radius 1 is 1.06 bits per heavy atom. The maximum absolute atomic E-state index is 14.1. The summed E-state index contributed by atoms with van der Waals surface area (Å²) in [7, 11) is 0. The van der Waals surface area contributed by atoms with Crippen molar-refractivity contribution in [2.24, 2.45) is 0 Å². The van der Waals surface area contributed by atoms with E-state index in [1.54, 1.807) is 0 Å². The fourth-order valence-electron chi connectivity index (χ4n) is 4.80. The fourth-order valence-corrected chi connectivity index (χ4v) is 4.80. The highest BCUT2D eigenvalue weighted by molar-refractivity contribution is 5.93. The Balaban J connectivity index is 1.74. The van der Waals surface area contributed by atoms with Gasteiger partial charge in [0.25, 0.3) is 0 Å². The Morgan fingerprint density at radius 3 is 2.35 bits per heavy atom. The average molecular weight is 456 g/mol. The zero-order valence-corrected chi connectivity index (χ0v) is 21.3. The Hall–Kier alpha value is -3.27. The highest BCUT2D eigenvalue weighted by atomic mass is 16.2. The molecule has 3 aromatic rings. The van der Waals surface area contributed by atoms with E-state index in [0.29, 0.717) is 18.4 Å². The number of anilines is 1. The van der Waals surface area contributed by atoms with Gasteiger partial charge in [-0.2, -0.15) is 0 Å². The first-order chi connectivity index (χ1) is 16.2. The number of rotatable bonds is 6. The van der Waals surface area contributed by atoms with Gasteiger partial charge < -0.3 is 15.2 Å². The van der Waals surface area contributed by atoms with Crippen molar-refractivity contribution in [2.45, 2.75) is 71.9 Å². The van der Waals surface area contributed by atoms with E-state index in [-0.39, 0.29) is 6.03 Å². The summed E-state index contributed by atoms with van der Waals surface area (Å²) in [6, 6.07) is 14.6. The van der Waals surface area contributed by atoms with Crippen LogP contribution < -0.4 is 5.32 Å². The quantitative estimate of drug-likeness (QED) is 0.387. The first kappa shape index (κ1) is 23.9. The van der Waals surface area contributed by atoms with Crippen molar-refractivity contribution in [3.05, 3.63) is 89.2 Å². The summed E-state index contributed by atoms with van der Waals surface area (Å²) in [5, 5.41) is 4.51. The lowest BCUT2D eigenvalue weighted by Gasteiger charge is -2.40. The lowest BCUT2D eigenvalue weighted by molar-refractivity contribution is 0.158. The van der Waals surface area contributed by atoms with Crippen LogP contribution in [-0.4, -0.2) is 21.5 Å². The number of nitrogens with one attached hydrogen (secondary N) is 2. The van der Waals surface area contributed by atoms with Crippen molar-refractivity contribution in [1.82, 2.24) is 9.88 Å². The summed E-state index contributed by atoms with van der Waals surface area (Å²) in [5.74, 6) is 0.624. The van der Waals surface area contributed by atoms with Crippen LogP contribution in [0.2, 0.25) is 0 Å². The smallest absolute Gasteiger partial charge is 0.322 e. The molecule has 1 aliphatic carbocycles. The molecule has 4 nitrogen and oxygen atoms in total. The summed E-state index contributed by atoms with van der Waals surface area (Å²) in [6.45, 7) is 13.5. The van der Waals surface area contributed by atoms with Gasteiger partial charge in [0.05, 0.1) is 12.1 Å². The van der Waals surface area contributed by atoms with Crippen LogP contribution in [0.5, 0.6) is 0 Å². The lowest BCUT2D eigenvalue weighted by Crippen LogP contribution is -2.50. The molecule has 0 radical (unpaired) electrons. The molecule has 1 aliphatic rings. The molecule has 0 saturated carbocycles. The van der Waals surface area contributed by atoms with Crippen LogP contribution in [0, 0.1) is 0 Å². The molecule has 2 N–H and O–H groups in total. The van der Waals surface area contributed by atoms with Crippen molar-refractivity contribution in [1.29, 1.82) is 0 Å². The van der Waals surface area contributed by atoms with E-state index in [4.69, 9.17) is 0 Å². The van der Waals surface area contributed by atoms with Gasteiger partial charge in [-0.25, -0.2) is 4.79 Å². The fraction of sp³-hybridized carbons (Fsp3) is 0.367. The van der Waals surface area contributed by atoms with Crippen molar-refractivity contribution in [3.8, 4) is 0 Å². The number of amides is 2. The number of benzene rings is 2. The van der Waals surface area contributed by atoms with Crippen molar-refractivity contribution in [3.63, 3.8) is 0 Å². The monoisotopic (exact) mass is 455 g/mol. The van der Waals surface area contributed by atoms with Crippen LogP contribution in [-0.2, 0) is 6.54 Å². The number of nitrogens with zero attached hydrogens (tertiary/aromatic N) is 1. The summed E-state index contributed by atoms with van der Waals surface area (Å²) in [5.41, 5.74) is 6.32. The molecule has 0 fully saturated rings. The standard InChI is InChI=1S/C30H37N3O/c1-20(2)24-11-9-12-25(21(3)4)28(24)32-29(34)33(30(6)16-14-22(5)15-17-30)19-23-18-31-27-13-8-7-10-26(23)27/h7-16,18,20-21,31H,17,19H2,1-6H3,(H,32,34). The van der Waals surface area contributed by atoms with Gasteiger partial charge in [-0.05, 0) is 54.9 Å². The third kappa shape index (κ3) is 4.68. The highest BCUT2D eigenvalue weighted by Crippen LogP contribution is 2.35. The molecular formula is C30H37N3O. The largest absolute Gasteiger partial charge is 0.361 e. The van der Waals surface area contributed by atoms with Crippen LogP contribution in [0.1, 0.15) is 76.5 Å². The molecule has 4 heteroatoms. The molecule has 178 valence electrons. The minimum atomic E-state index is -0.424. The van der Waals surface area contributed by atoms with Gasteiger partial charge in [-0.3, -0.25) is 0 Å². The number of allylic oxidation sites excluding steroid dienone is 2. The topological polar surface area (TPSA) is 48.1 Å². The molecular weight excluding hydrogens is 418 g/mol. The third-order valence-corrected chi connectivity index (χ3v) is 7.01. The molecule has 4 rings (SSSR count). The number of aromatic amines is 1. The summed E-state index contributed by atoms with van der Waals surface area (Å²) >= 11 is 0. The van der Waals surface area contributed by atoms with Crippen LogP contribution in [0.25, 0.3) is 10.9 Å². The molecule has 1 unspecified atom stereocenters. The second kappa shape index (κ2) is 9.54. The zero-order chi connectivity index (χ0) is 24.5. The average Bonchev–Trinajstić information content (AvgIpc) is 3.22. The Bertz CT molecular complexity index is 1220. The molecule has 34 heavy (non-hydrogen) atoms. The van der Waals surface area contributed by atoms with Gasteiger partial charge in [-0.1, -0.05) is 87.9 Å². The van der Waals surface area contributed by atoms with Crippen LogP contribution in [0.4, 0.5) is 10.5 Å². The van der Waals surface area contributed by atoms with E-state index < -0.39 is 5.54 Å². The van der Waals surface area contributed by atoms with Crippen molar-refractivity contribution >= 4 is 22.6 Å². The Morgan fingerprint density at radius 2 is 1.74 bits per heavy atom. The van der Waals surface area contributed by atoms with Gasteiger partial charge in [0.2, 0.25) is 0 Å². The minimum Gasteiger partial charge on any atom is -0.361 e. The van der Waals surface area contributed by atoms with E-state index in [2.05, 4.69) is 100 Å². The molecule has 1 atom stereocenters. The molecule has 1 heterocycles. The molecule has 2 amide bonds. The van der Waals surface area contributed by atoms with Gasteiger partial charge in [0, 0.05) is 22.8 Å². The SMILES string of the molecule is CC1=CCC(C)(N(Cc2c[nH]c3ccccc23)C(=O)Nc2c(C(C)C)cccc2C(C)C)C=C1. The number of H-pyrrole nitrogens is 1. The minimum absolute atomic E-state index is 0.0691. The number of carbonyl (C=O) groups is 1. The van der Waals surface area contributed by atoms with Crippen LogP contribution >= 0.6 is 0 Å². The van der Waals surface area contributed by atoms with Crippen LogP contribution in [0.3, 0.4) is 0 Å². The van der Waals surface area contributed by atoms with Crippen molar-refractivity contribution < 1.29 is 4.79 Å². The van der Waals surface area contributed by atoms with Crippen LogP contribution in [0.15, 0.2) is 72.5 Å². The Labute approximate surface area is 203 Å². The van der Waals surface area contributed by atoms with Gasteiger partial charge >= 0.3 is 6.03 Å². The number of carbonyl (C=O) groups excluding carboxylic acids is 1. The number of urea groups is 1. The molecule has 0 saturated heterocycles. The maximum atomic E-state index is 14.1. The molecule has 2 aromatic carbocycles. The summed E-state index contributed by atoms with van der Waals surface area (Å²) in [6.07, 6.45) is 9.34. The van der Waals surface area contributed by atoms with E-state index in [1.807, 2.05) is 23.2 Å². The number of aromatic nitrogens is 1. The van der Waals surface area contributed by atoms with E-state index in [1.165, 1.54) is 16.7 Å². The number of hydrogen-bond acceptors (Lipinski definition) is 1. The number of hydrogen-bond donors (Lipinski definition) is 2. The maximum Gasteiger partial charge on any atom is 0.322 e. The number of para-hydroxylation sites is 2. The summed E-state index contributed by atoms with van der Waals surface area (Å²) in [4.78, 5) is 19.4. The summed E-state index contributed by atoms with van der Waals surface area (Å²) < 4.78 is 0.